The smallest absolute Gasteiger partial charge is 0.320 e. The van der Waals surface area contributed by atoms with Crippen molar-refractivity contribution in [2.24, 2.45) is 5.92 Å². The van der Waals surface area contributed by atoms with Crippen LogP contribution < -0.4 is 0 Å². The highest BCUT2D eigenvalue weighted by Crippen LogP contribution is 2.19. The molecule has 1 heterocycles. The minimum absolute atomic E-state index is 0.00266. The number of nitrogens with zero attached hydrogens (tertiary/aromatic N) is 1. The van der Waals surface area contributed by atoms with E-state index in [4.69, 9.17) is 4.74 Å². The zero-order valence-corrected chi connectivity index (χ0v) is 10.9. The highest BCUT2D eigenvalue weighted by atomic mass is 16.5. The second-order valence-corrected chi connectivity index (χ2v) is 5.02. The number of likely N-dealkylation sites (tertiary alicyclic amines) is 1. The minimum Gasteiger partial charge on any atom is -0.462 e. The summed E-state index contributed by atoms with van der Waals surface area (Å²) in [5, 5.41) is 0. The van der Waals surface area contributed by atoms with Gasteiger partial charge >= 0.3 is 5.97 Å². The van der Waals surface area contributed by atoms with Gasteiger partial charge in [0.25, 0.3) is 0 Å². The highest BCUT2D eigenvalue weighted by molar-refractivity contribution is 5.71. The Balaban J connectivity index is 2.29. The fourth-order valence-corrected chi connectivity index (χ4v) is 2.27. The lowest BCUT2D eigenvalue weighted by Gasteiger charge is -2.19. The average molecular weight is 227 g/mol. The summed E-state index contributed by atoms with van der Waals surface area (Å²) in [6, 6.07) is 0. The molecule has 0 aliphatic carbocycles. The van der Waals surface area contributed by atoms with E-state index >= 15 is 0 Å². The third-order valence-electron chi connectivity index (χ3n) is 3.24. The second-order valence-electron chi connectivity index (χ2n) is 5.02. The van der Waals surface area contributed by atoms with E-state index in [0.717, 1.165) is 19.0 Å². The van der Waals surface area contributed by atoms with Gasteiger partial charge in [-0.25, -0.2) is 0 Å². The van der Waals surface area contributed by atoms with E-state index in [2.05, 4.69) is 11.8 Å². The lowest BCUT2D eigenvalue weighted by atomic mass is 9.98. The number of carbonyl (C=O) groups is 1. The van der Waals surface area contributed by atoms with Gasteiger partial charge < -0.3 is 4.74 Å². The molecule has 0 aromatic heterocycles. The largest absolute Gasteiger partial charge is 0.462 e. The Kier molecular flexibility index (Phi) is 5.81. The molecule has 0 bridgehead atoms. The van der Waals surface area contributed by atoms with Crippen molar-refractivity contribution in [2.75, 3.05) is 19.6 Å². The summed E-state index contributed by atoms with van der Waals surface area (Å²) >= 11 is 0. The number of ether oxygens (including phenoxy) is 1. The molecule has 0 aromatic carbocycles. The summed E-state index contributed by atoms with van der Waals surface area (Å²) in [5.74, 6) is 0.774. The first-order valence-electron chi connectivity index (χ1n) is 6.53. The van der Waals surface area contributed by atoms with Crippen LogP contribution in [0.5, 0.6) is 0 Å². The Morgan fingerprint density at radius 1 is 1.38 bits per heavy atom. The quantitative estimate of drug-likeness (QED) is 0.691. The monoisotopic (exact) mass is 227 g/mol. The molecule has 0 N–H and O–H groups in total. The molecule has 1 saturated heterocycles. The Hall–Kier alpha value is -0.570. The van der Waals surface area contributed by atoms with Gasteiger partial charge in [0.05, 0.1) is 12.6 Å². The number of rotatable bonds is 4. The van der Waals surface area contributed by atoms with Gasteiger partial charge in [-0.3, -0.25) is 9.69 Å². The first kappa shape index (κ1) is 13.5. The molecule has 0 amide bonds. The molecule has 0 aromatic rings. The number of hydrogen-bond donors (Lipinski definition) is 0. The van der Waals surface area contributed by atoms with Crippen LogP contribution in [-0.2, 0) is 9.53 Å². The zero-order chi connectivity index (χ0) is 12.0. The third-order valence-corrected chi connectivity index (χ3v) is 3.24. The summed E-state index contributed by atoms with van der Waals surface area (Å²) in [7, 11) is 0. The summed E-state index contributed by atoms with van der Waals surface area (Å²) in [5.41, 5.74) is 0. The van der Waals surface area contributed by atoms with E-state index in [-0.39, 0.29) is 12.1 Å². The molecular formula is C13H25NO2. The van der Waals surface area contributed by atoms with Crippen molar-refractivity contribution in [2.45, 2.75) is 52.6 Å². The lowest BCUT2D eigenvalue weighted by Crippen LogP contribution is -2.32. The topological polar surface area (TPSA) is 29.5 Å². The first-order valence-corrected chi connectivity index (χ1v) is 6.53. The number of carbonyl (C=O) groups excluding carboxylic acids is 1. The Bertz CT molecular complexity index is 216. The molecular weight excluding hydrogens is 202 g/mol. The minimum atomic E-state index is -0.0788. The van der Waals surface area contributed by atoms with Crippen LogP contribution in [0.2, 0.25) is 0 Å². The molecule has 3 nitrogen and oxygen atoms in total. The Morgan fingerprint density at radius 2 is 2.12 bits per heavy atom. The van der Waals surface area contributed by atoms with Crippen LogP contribution in [0.15, 0.2) is 0 Å². The fraction of sp³-hybridized carbons (Fsp3) is 0.923. The van der Waals surface area contributed by atoms with Gasteiger partial charge in [0.15, 0.2) is 0 Å². The molecule has 1 aliphatic heterocycles. The van der Waals surface area contributed by atoms with Gasteiger partial charge in [0.2, 0.25) is 0 Å². The van der Waals surface area contributed by atoms with E-state index in [0.29, 0.717) is 6.54 Å². The second kappa shape index (κ2) is 6.89. The van der Waals surface area contributed by atoms with Gasteiger partial charge in [-0.2, -0.15) is 0 Å². The van der Waals surface area contributed by atoms with Crippen LogP contribution in [-0.4, -0.2) is 36.6 Å². The van der Waals surface area contributed by atoms with Crippen molar-refractivity contribution in [3.05, 3.63) is 0 Å². The van der Waals surface area contributed by atoms with Crippen LogP contribution in [0.1, 0.15) is 46.5 Å². The highest BCUT2D eigenvalue weighted by Gasteiger charge is 2.18. The molecule has 94 valence electrons. The van der Waals surface area contributed by atoms with Crippen molar-refractivity contribution in [1.29, 1.82) is 0 Å². The van der Waals surface area contributed by atoms with E-state index < -0.39 is 0 Å². The molecule has 0 radical (unpaired) electrons. The van der Waals surface area contributed by atoms with Crippen molar-refractivity contribution in [1.82, 2.24) is 4.90 Å². The lowest BCUT2D eigenvalue weighted by molar-refractivity contribution is -0.148. The molecule has 16 heavy (non-hydrogen) atoms. The predicted octanol–water partition coefficient (Wildman–Crippen LogP) is 2.45. The van der Waals surface area contributed by atoms with Crippen LogP contribution in [0, 0.1) is 5.92 Å². The Morgan fingerprint density at radius 3 is 2.75 bits per heavy atom. The maximum atomic E-state index is 11.5. The summed E-state index contributed by atoms with van der Waals surface area (Å²) < 4.78 is 5.17. The van der Waals surface area contributed by atoms with Gasteiger partial charge in [0.1, 0.15) is 0 Å². The molecule has 1 rings (SSSR count). The van der Waals surface area contributed by atoms with E-state index in [1.807, 2.05) is 13.8 Å². The molecule has 3 heteroatoms. The normalized spacial score (nSPS) is 23.1. The van der Waals surface area contributed by atoms with Gasteiger partial charge in [-0.05, 0) is 52.1 Å². The Labute approximate surface area is 99.1 Å². The average Bonchev–Trinajstić information content (AvgIpc) is 2.41. The van der Waals surface area contributed by atoms with Crippen LogP contribution in [0.4, 0.5) is 0 Å². The number of esters is 1. The first-order chi connectivity index (χ1) is 7.61. The third kappa shape index (κ3) is 4.97. The standard InChI is InChI=1S/C13H25NO2/c1-4-12-6-5-8-14(9-7-12)10-13(15)16-11(2)3/h11-12H,4-10H2,1-3H3. The van der Waals surface area contributed by atoms with E-state index in [1.54, 1.807) is 0 Å². The summed E-state index contributed by atoms with van der Waals surface area (Å²) in [6.07, 6.45) is 5.03. The molecule has 1 fully saturated rings. The van der Waals surface area contributed by atoms with Crippen LogP contribution in [0.3, 0.4) is 0 Å². The van der Waals surface area contributed by atoms with Crippen molar-refractivity contribution < 1.29 is 9.53 Å². The predicted molar refractivity (Wildman–Crippen MR) is 65.3 cm³/mol. The maximum absolute atomic E-state index is 11.5. The number of hydrogen-bond acceptors (Lipinski definition) is 3. The van der Waals surface area contributed by atoms with Crippen molar-refractivity contribution >= 4 is 5.97 Å². The van der Waals surface area contributed by atoms with Gasteiger partial charge in [-0.1, -0.05) is 13.3 Å². The molecule has 1 aliphatic rings. The maximum Gasteiger partial charge on any atom is 0.320 e. The van der Waals surface area contributed by atoms with Crippen LogP contribution in [0.25, 0.3) is 0 Å². The zero-order valence-electron chi connectivity index (χ0n) is 10.9. The van der Waals surface area contributed by atoms with E-state index in [9.17, 15) is 4.79 Å². The van der Waals surface area contributed by atoms with Crippen molar-refractivity contribution in [3.8, 4) is 0 Å². The molecule has 1 atom stereocenters. The summed E-state index contributed by atoms with van der Waals surface area (Å²) in [4.78, 5) is 13.8. The van der Waals surface area contributed by atoms with Crippen LogP contribution >= 0.6 is 0 Å². The molecule has 0 spiro atoms. The van der Waals surface area contributed by atoms with Gasteiger partial charge in [-0.15, -0.1) is 0 Å². The molecule has 1 unspecified atom stereocenters. The molecule has 0 saturated carbocycles. The fourth-order valence-electron chi connectivity index (χ4n) is 2.27. The summed E-state index contributed by atoms with van der Waals surface area (Å²) in [6.45, 7) is 8.61. The van der Waals surface area contributed by atoms with Crippen molar-refractivity contribution in [3.63, 3.8) is 0 Å². The SMILES string of the molecule is CCC1CCCN(CC(=O)OC(C)C)CC1. The van der Waals surface area contributed by atoms with Gasteiger partial charge in [0, 0.05) is 0 Å². The van der Waals surface area contributed by atoms with E-state index in [1.165, 1.54) is 25.7 Å².